The first-order chi connectivity index (χ1) is 15.3. The minimum Gasteiger partial charge on any atom is -0.347 e. The molecule has 32 heavy (non-hydrogen) atoms. The molecule has 2 aliphatic heterocycles. The van der Waals surface area contributed by atoms with E-state index >= 15 is 0 Å². The van der Waals surface area contributed by atoms with Gasteiger partial charge in [0.15, 0.2) is 5.82 Å². The van der Waals surface area contributed by atoms with Crippen molar-refractivity contribution < 1.29 is 13.2 Å². The monoisotopic (exact) mass is 465 g/mol. The first-order valence-electron chi connectivity index (χ1n) is 11.1. The van der Waals surface area contributed by atoms with Gasteiger partial charge in [-0.25, -0.2) is 4.98 Å². The number of aryl methyl sites for hydroxylation is 1. The molecule has 3 aromatic heterocycles. The molecule has 3 aromatic rings. The van der Waals surface area contributed by atoms with E-state index < -0.39 is 12.0 Å². The normalized spacial score (nSPS) is 19.6. The average Bonchev–Trinajstić information content (AvgIpc) is 3.36. The molecule has 5 rings (SSSR count). The molecule has 0 saturated carbocycles. The summed E-state index contributed by atoms with van der Waals surface area (Å²) in [6.45, 7) is 7.05. The van der Waals surface area contributed by atoms with Crippen LogP contribution in [-0.2, 0) is 25.7 Å². The molecule has 7 nitrogen and oxygen atoms in total. The standard InChI is InChI=1S/C21H26F3N7S/c1-3-5-14-10-15-17(25-20(26-18(15)32-14)30-7-4-6-13(2)11-30)29-8-9-31-16(12-29)27-28-19(31)21(22,23)24/h10,13H,3-9,11-12H2,1-2H3. The van der Waals surface area contributed by atoms with Crippen LogP contribution in [0.25, 0.3) is 10.2 Å². The molecule has 0 bridgehead atoms. The van der Waals surface area contributed by atoms with Gasteiger partial charge in [-0.05, 0) is 31.2 Å². The van der Waals surface area contributed by atoms with Crippen molar-refractivity contribution in [1.29, 1.82) is 0 Å². The van der Waals surface area contributed by atoms with Crippen LogP contribution in [-0.4, -0.2) is 44.4 Å². The predicted molar refractivity (Wildman–Crippen MR) is 118 cm³/mol. The van der Waals surface area contributed by atoms with E-state index in [1.54, 1.807) is 11.3 Å². The van der Waals surface area contributed by atoms with Gasteiger partial charge in [-0.2, -0.15) is 18.2 Å². The molecule has 1 fully saturated rings. The van der Waals surface area contributed by atoms with Crippen molar-refractivity contribution in [3.8, 4) is 0 Å². The van der Waals surface area contributed by atoms with Gasteiger partial charge in [0.05, 0.1) is 11.9 Å². The van der Waals surface area contributed by atoms with Crippen molar-refractivity contribution in [3.63, 3.8) is 0 Å². The summed E-state index contributed by atoms with van der Waals surface area (Å²) in [7, 11) is 0. The number of fused-ring (bicyclic) bond motifs is 2. The molecule has 0 aliphatic carbocycles. The van der Waals surface area contributed by atoms with Crippen molar-refractivity contribution in [2.24, 2.45) is 5.92 Å². The van der Waals surface area contributed by atoms with Crippen LogP contribution in [0, 0.1) is 5.92 Å². The van der Waals surface area contributed by atoms with Gasteiger partial charge in [-0.1, -0.05) is 20.3 Å². The first kappa shape index (κ1) is 21.4. The second-order valence-electron chi connectivity index (χ2n) is 8.73. The fraction of sp³-hybridized carbons (Fsp3) is 0.619. The van der Waals surface area contributed by atoms with E-state index in [9.17, 15) is 13.2 Å². The lowest BCUT2D eigenvalue weighted by atomic mass is 10.0. The average molecular weight is 466 g/mol. The predicted octanol–water partition coefficient (Wildman–Crippen LogP) is 4.51. The molecular weight excluding hydrogens is 439 g/mol. The Labute approximate surface area is 188 Å². The van der Waals surface area contributed by atoms with Crippen LogP contribution in [0.15, 0.2) is 6.07 Å². The molecular formula is C21H26F3N7S. The van der Waals surface area contributed by atoms with Gasteiger partial charge < -0.3 is 14.4 Å². The Balaban J connectivity index is 1.54. The topological polar surface area (TPSA) is 63.0 Å². The number of nitrogens with zero attached hydrogens (tertiary/aromatic N) is 7. The van der Waals surface area contributed by atoms with E-state index in [0.717, 1.165) is 48.4 Å². The third kappa shape index (κ3) is 3.91. The van der Waals surface area contributed by atoms with E-state index in [1.165, 1.54) is 15.9 Å². The molecule has 1 atom stereocenters. The third-order valence-electron chi connectivity index (χ3n) is 6.15. The Hall–Kier alpha value is -2.43. The highest BCUT2D eigenvalue weighted by molar-refractivity contribution is 7.18. The zero-order valence-corrected chi connectivity index (χ0v) is 19.0. The molecule has 0 spiro atoms. The van der Waals surface area contributed by atoms with Crippen LogP contribution in [0.3, 0.4) is 0 Å². The number of piperidine rings is 1. The number of thiophene rings is 1. The molecule has 5 heterocycles. The van der Waals surface area contributed by atoms with E-state index in [-0.39, 0.29) is 13.1 Å². The number of alkyl halides is 3. The maximum Gasteiger partial charge on any atom is 0.451 e. The van der Waals surface area contributed by atoms with Gasteiger partial charge in [0.2, 0.25) is 11.8 Å². The Bertz CT molecular complexity index is 1120. The van der Waals surface area contributed by atoms with Gasteiger partial charge in [0.25, 0.3) is 0 Å². The van der Waals surface area contributed by atoms with Gasteiger partial charge in [-0.15, -0.1) is 21.5 Å². The molecule has 11 heteroatoms. The Morgan fingerprint density at radius 3 is 2.72 bits per heavy atom. The van der Waals surface area contributed by atoms with Crippen molar-refractivity contribution in [3.05, 3.63) is 22.6 Å². The van der Waals surface area contributed by atoms with Crippen molar-refractivity contribution in [2.45, 2.75) is 58.8 Å². The highest BCUT2D eigenvalue weighted by Gasteiger charge is 2.39. The number of hydrogen-bond donors (Lipinski definition) is 0. The number of aromatic nitrogens is 5. The summed E-state index contributed by atoms with van der Waals surface area (Å²) in [4.78, 5) is 16.3. The lowest BCUT2D eigenvalue weighted by molar-refractivity contribution is -0.147. The summed E-state index contributed by atoms with van der Waals surface area (Å²) in [6.07, 6.45) is -0.180. The summed E-state index contributed by atoms with van der Waals surface area (Å²) in [6, 6.07) is 2.14. The van der Waals surface area contributed by atoms with Crippen LogP contribution in [0.4, 0.5) is 24.9 Å². The van der Waals surface area contributed by atoms with Crippen LogP contribution < -0.4 is 9.80 Å². The van der Waals surface area contributed by atoms with E-state index in [4.69, 9.17) is 9.97 Å². The smallest absolute Gasteiger partial charge is 0.347 e. The fourth-order valence-corrected chi connectivity index (χ4v) is 5.74. The molecule has 0 N–H and O–H groups in total. The number of hydrogen-bond acceptors (Lipinski definition) is 7. The maximum atomic E-state index is 13.2. The van der Waals surface area contributed by atoms with Crippen LogP contribution in [0.5, 0.6) is 0 Å². The molecule has 1 unspecified atom stereocenters. The minimum atomic E-state index is -4.50. The summed E-state index contributed by atoms with van der Waals surface area (Å²) in [5, 5.41) is 8.21. The van der Waals surface area contributed by atoms with Gasteiger partial charge in [-0.3, -0.25) is 0 Å². The van der Waals surface area contributed by atoms with E-state index in [2.05, 4.69) is 35.0 Å². The number of halogens is 3. The lowest BCUT2D eigenvalue weighted by Gasteiger charge is -2.33. The van der Waals surface area contributed by atoms with E-state index in [0.29, 0.717) is 24.2 Å². The number of anilines is 2. The van der Waals surface area contributed by atoms with Crippen molar-refractivity contribution in [2.75, 3.05) is 29.4 Å². The SMILES string of the molecule is CCCc1cc2c(N3CCn4c(nnc4C(F)(F)F)C3)nc(N3CCCC(C)C3)nc2s1. The highest BCUT2D eigenvalue weighted by atomic mass is 32.1. The van der Waals surface area contributed by atoms with Gasteiger partial charge in [0, 0.05) is 31.1 Å². The Morgan fingerprint density at radius 1 is 1.12 bits per heavy atom. The minimum absolute atomic E-state index is 0.171. The summed E-state index contributed by atoms with van der Waals surface area (Å²) in [5.41, 5.74) is 0. The van der Waals surface area contributed by atoms with Crippen LogP contribution in [0.1, 0.15) is 49.6 Å². The quantitative estimate of drug-likeness (QED) is 0.565. The molecule has 0 aromatic carbocycles. The number of rotatable bonds is 4. The Morgan fingerprint density at radius 2 is 1.97 bits per heavy atom. The Kier molecular flexibility index (Phi) is 5.47. The van der Waals surface area contributed by atoms with Crippen LogP contribution in [0.2, 0.25) is 0 Å². The maximum absolute atomic E-state index is 13.2. The molecule has 0 amide bonds. The molecule has 2 aliphatic rings. The molecule has 0 radical (unpaired) electrons. The third-order valence-corrected chi connectivity index (χ3v) is 7.24. The lowest BCUT2D eigenvalue weighted by Crippen LogP contribution is -2.38. The van der Waals surface area contributed by atoms with Crippen molar-refractivity contribution >= 4 is 33.3 Å². The first-order valence-corrected chi connectivity index (χ1v) is 11.9. The van der Waals surface area contributed by atoms with Gasteiger partial charge in [0.1, 0.15) is 10.6 Å². The van der Waals surface area contributed by atoms with Crippen LogP contribution >= 0.6 is 11.3 Å². The fourth-order valence-electron chi connectivity index (χ4n) is 4.62. The van der Waals surface area contributed by atoms with Crippen molar-refractivity contribution in [1.82, 2.24) is 24.7 Å². The second kappa shape index (κ2) is 8.17. The zero-order valence-electron chi connectivity index (χ0n) is 18.2. The zero-order chi connectivity index (χ0) is 22.5. The summed E-state index contributed by atoms with van der Waals surface area (Å²) < 4.78 is 40.9. The highest BCUT2D eigenvalue weighted by Crippen LogP contribution is 2.36. The second-order valence-corrected chi connectivity index (χ2v) is 9.85. The molecule has 1 saturated heterocycles. The summed E-state index contributed by atoms with van der Waals surface area (Å²) >= 11 is 1.69. The van der Waals surface area contributed by atoms with Gasteiger partial charge >= 0.3 is 6.18 Å². The largest absolute Gasteiger partial charge is 0.451 e. The van der Waals surface area contributed by atoms with E-state index in [1.807, 2.05) is 4.90 Å². The molecule has 172 valence electrons. The summed E-state index contributed by atoms with van der Waals surface area (Å²) in [5.74, 6) is 1.47.